The zero-order chi connectivity index (χ0) is 21.1. The van der Waals surface area contributed by atoms with Crippen molar-refractivity contribution in [1.82, 2.24) is 29.7 Å². The van der Waals surface area contributed by atoms with Crippen molar-refractivity contribution in [2.45, 2.75) is 26.8 Å². The lowest BCUT2D eigenvalue weighted by atomic mass is 10.2. The minimum Gasteiger partial charge on any atom is -0.351 e. The number of thiophene rings is 1. The first-order valence-corrected chi connectivity index (χ1v) is 10.5. The van der Waals surface area contributed by atoms with Gasteiger partial charge < -0.3 is 10.6 Å². The molecule has 0 atom stereocenters. The van der Waals surface area contributed by atoms with Crippen LogP contribution in [0, 0.1) is 0 Å². The molecule has 4 aromatic rings. The van der Waals surface area contributed by atoms with Gasteiger partial charge in [-0.3, -0.25) is 14.3 Å². The van der Waals surface area contributed by atoms with Crippen LogP contribution in [-0.4, -0.2) is 42.7 Å². The maximum absolute atomic E-state index is 13.0. The van der Waals surface area contributed by atoms with E-state index in [4.69, 9.17) is 0 Å². The van der Waals surface area contributed by atoms with Gasteiger partial charge in [0.05, 0.1) is 22.5 Å². The van der Waals surface area contributed by atoms with E-state index in [0.717, 1.165) is 17.0 Å². The maximum Gasteiger partial charge on any atom is 0.273 e. The van der Waals surface area contributed by atoms with E-state index in [1.807, 2.05) is 37.4 Å². The number of nitrogens with zero attached hydrogens (tertiary/aromatic N) is 5. The molecule has 0 fully saturated rings. The average molecular weight is 424 g/mol. The van der Waals surface area contributed by atoms with Crippen molar-refractivity contribution in [2.24, 2.45) is 0 Å². The molecule has 0 spiro atoms. The molecule has 154 valence electrons. The maximum atomic E-state index is 13.0. The second-order valence-electron chi connectivity index (χ2n) is 6.56. The predicted molar refractivity (Wildman–Crippen MR) is 115 cm³/mol. The number of carbonyl (C=O) groups is 2. The number of rotatable bonds is 7. The standard InChI is InChI=1S/C20H21N7O2S/c1-3-8-22-20(29)17-14(12-26(4-2)25-17)24-19(28)13-11-23-27-15(7-9-21-18(13)27)16-6-5-10-30-16/h5-7,9-12H,3-4,8H2,1-2H3,(H,22,29)(H,24,28). The first-order valence-electron chi connectivity index (χ1n) is 9.66. The van der Waals surface area contributed by atoms with E-state index in [2.05, 4.69) is 25.8 Å². The molecule has 0 aliphatic carbocycles. The zero-order valence-electron chi connectivity index (χ0n) is 16.6. The van der Waals surface area contributed by atoms with Gasteiger partial charge in [0.1, 0.15) is 5.56 Å². The quantitative estimate of drug-likeness (QED) is 0.475. The number of nitrogens with one attached hydrogen (secondary N) is 2. The van der Waals surface area contributed by atoms with Crippen molar-refractivity contribution in [1.29, 1.82) is 0 Å². The third-order valence-electron chi connectivity index (χ3n) is 4.50. The van der Waals surface area contributed by atoms with Crippen molar-refractivity contribution in [3.63, 3.8) is 0 Å². The Hall–Kier alpha value is -3.53. The fourth-order valence-electron chi connectivity index (χ4n) is 3.02. The first kappa shape index (κ1) is 19.8. The summed E-state index contributed by atoms with van der Waals surface area (Å²) in [6.45, 7) is 4.99. The Balaban J connectivity index is 1.65. The van der Waals surface area contributed by atoms with Crippen molar-refractivity contribution in [3.05, 3.63) is 53.4 Å². The highest BCUT2D eigenvalue weighted by molar-refractivity contribution is 7.13. The van der Waals surface area contributed by atoms with Crippen molar-refractivity contribution in [3.8, 4) is 10.6 Å². The minimum absolute atomic E-state index is 0.183. The van der Waals surface area contributed by atoms with E-state index in [9.17, 15) is 9.59 Å². The number of amides is 2. The summed E-state index contributed by atoms with van der Waals surface area (Å²) >= 11 is 1.58. The fourth-order valence-corrected chi connectivity index (χ4v) is 3.75. The Morgan fingerprint density at radius 1 is 1.20 bits per heavy atom. The first-order chi connectivity index (χ1) is 14.6. The lowest BCUT2D eigenvalue weighted by Crippen LogP contribution is -2.26. The Kier molecular flexibility index (Phi) is 5.57. The van der Waals surface area contributed by atoms with E-state index in [0.29, 0.717) is 30.0 Å². The van der Waals surface area contributed by atoms with E-state index >= 15 is 0 Å². The van der Waals surface area contributed by atoms with Gasteiger partial charge in [-0.2, -0.15) is 10.2 Å². The summed E-state index contributed by atoms with van der Waals surface area (Å²) in [6.07, 6.45) is 5.59. The van der Waals surface area contributed by atoms with Crippen molar-refractivity contribution < 1.29 is 9.59 Å². The smallest absolute Gasteiger partial charge is 0.273 e. The molecule has 4 rings (SSSR count). The molecule has 0 saturated heterocycles. The molecule has 0 unspecified atom stereocenters. The summed E-state index contributed by atoms with van der Waals surface area (Å²) in [4.78, 5) is 30.8. The molecule has 9 nitrogen and oxygen atoms in total. The second-order valence-corrected chi connectivity index (χ2v) is 7.51. The second kappa shape index (κ2) is 8.46. The Labute approximate surface area is 176 Å². The van der Waals surface area contributed by atoms with Crippen LogP contribution in [-0.2, 0) is 6.54 Å². The molecule has 4 aromatic heterocycles. The third kappa shape index (κ3) is 3.69. The summed E-state index contributed by atoms with van der Waals surface area (Å²) in [5.41, 5.74) is 2.15. The molecule has 0 aliphatic rings. The van der Waals surface area contributed by atoms with Crippen LogP contribution in [0.25, 0.3) is 16.2 Å². The Bertz CT molecular complexity index is 1190. The fraction of sp³-hybridized carbons (Fsp3) is 0.250. The van der Waals surface area contributed by atoms with Crippen LogP contribution in [0.1, 0.15) is 41.1 Å². The largest absolute Gasteiger partial charge is 0.351 e. The highest BCUT2D eigenvalue weighted by Crippen LogP contribution is 2.25. The SMILES string of the molecule is CCCNC(=O)c1nn(CC)cc1NC(=O)c1cnn2c(-c3cccs3)ccnc12. The molecule has 10 heteroatoms. The van der Waals surface area contributed by atoms with Gasteiger partial charge in [0.25, 0.3) is 11.8 Å². The van der Waals surface area contributed by atoms with Gasteiger partial charge in [-0.15, -0.1) is 11.3 Å². The summed E-state index contributed by atoms with van der Waals surface area (Å²) in [5, 5.41) is 16.2. The molecule has 0 radical (unpaired) electrons. The van der Waals surface area contributed by atoms with Crippen LogP contribution in [0.3, 0.4) is 0 Å². The number of aryl methyl sites for hydroxylation is 1. The number of hydrogen-bond acceptors (Lipinski definition) is 6. The number of fused-ring (bicyclic) bond motifs is 1. The number of hydrogen-bond donors (Lipinski definition) is 2. The summed E-state index contributed by atoms with van der Waals surface area (Å²) < 4.78 is 3.25. The van der Waals surface area contributed by atoms with Gasteiger partial charge in [0.15, 0.2) is 11.3 Å². The van der Waals surface area contributed by atoms with Crippen LogP contribution < -0.4 is 10.6 Å². The van der Waals surface area contributed by atoms with E-state index in [1.54, 1.807) is 32.9 Å². The molecule has 30 heavy (non-hydrogen) atoms. The van der Waals surface area contributed by atoms with Gasteiger partial charge in [-0.1, -0.05) is 13.0 Å². The zero-order valence-corrected chi connectivity index (χ0v) is 17.4. The van der Waals surface area contributed by atoms with Crippen molar-refractivity contribution >= 4 is 34.5 Å². The summed E-state index contributed by atoms with van der Waals surface area (Å²) in [7, 11) is 0. The summed E-state index contributed by atoms with van der Waals surface area (Å²) in [6, 6.07) is 5.80. The Morgan fingerprint density at radius 3 is 2.80 bits per heavy atom. The molecular weight excluding hydrogens is 402 g/mol. The topological polar surface area (TPSA) is 106 Å². The molecule has 0 bridgehead atoms. The van der Waals surface area contributed by atoms with Gasteiger partial charge in [0, 0.05) is 25.5 Å². The van der Waals surface area contributed by atoms with Crippen LogP contribution >= 0.6 is 11.3 Å². The Morgan fingerprint density at radius 2 is 2.07 bits per heavy atom. The predicted octanol–water partition coefficient (Wildman–Crippen LogP) is 3.07. The number of aromatic nitrogens is 5. The van der Waals surface area contributed by atoms with Crippen LogP contribution in [0.15, 0.2) is 42.2 Å². The average Bonchev–Trinajstić information content (AvgIpc) is 3.50. The molecule has 0 aromatic carbocycles. The highest BCUT2D eigenvalue weighted by atomic mass is 32.1. The lowest BCUT2D eigenvalue weighted by Gasteiger charge is -2.05. The van der Waals surface area contributed by atoms with E-state index in [-0.39, 0.29) is 11.6 Å². The molecule has 0 aliphatic heterocycles. The summed E-state index contributed by atoms with van der Waals surface area (Å²) in [5.74, 6) is -0.724. The number of carbonyl (C=O) groups excluding carboxylic acids is 2. The molecule has 2 N–H and O–H groups in total. The molecular formula is C20H21N7O2S. The normalized spacial score (nSPS) is 11.0. The molecule has 2 amide bonds. The highest BCUT2D eigenvalue weighted by Gasteiger charge is 2.21. The van der Waals surface area contributed by atoms with Crippen LogP contribution in [0.2, 0.25) is 0 Å². The van der Waals surface area contributed by atoms with Gasteiger partial charge >= 0.3 is 0 Å². The van der Waals surface area contributed by atoms with E-state index < -0.39 is 5.91 Å². The van der Waals surface area contributed by atoms with Crippen LogP contribution in [0.4, 0.5) is 5.69 Å². The van der Waals surface area contributed by atoms with Gasteiger partial charge in [-0.05, 0) is 30.9 Å². The van der Waals surface area contributed by atoms with Gasteiger partial charge in [0.2, 0.25) is 0 Å². The monoisotopic (exact) mass is 423 g/mol. The molecule has 4 heterocycles. The minimum atomic E-state index is -0.402. The molecule has 0 saturated carbocycles. The van der Waals surface area contributed by atoms with E-state index in [1.165, 1.54) is 6.20 Å². The van der Waals surface area contributed by atoms with Crippen molar-refractivity contribution in [2.75, 3.05) is 11.9 Å². The number of anilines is 1. The third-order valence-corrected chi connectivity index (χ3v) is 5.40. The lowest BCUT2D eigenvalue weighted by molar-refractivity contribution is 0.0948. The van der Waals surface area contributed by atoms with Gasteiger partial charge in [-0.25, -0.2) is 9.50 Å². The van der Waals surface area contributed by atoms with Crippen LogP contribution in [0.5, 0.6) is 0 Å².